The van der Waals surface area contributed by atoms with Crippen molar-refractivity contribution in [1.29, 1.82) is 0 Å². The molecule has 4 atom stereocenters. The van der Waals surface area contributed by atoms with E-state index in [1.807, 2.05) is 13.8 Å². The number of ether oxygens (including phenoxy) is 4. The molecule has 2 heterocycles. The lowest BCUT2D eigenvalue weighted by molar-refractivity contribution is -0.165. The normalized spacial score (nSPS) is 29.7. The van der Waals surface area contributed by atoms with Crippen LogP contribution in [0, 0.1) is 5.41 Å². The van der Waals surface area contributed by atoms with Crippen molar-refractivity contribution in [1.82, 2.24) is 0 Å². The lowest BCUT2D eigenvalue weighted by Crippen LogP contribution is -2.40. The highest BCUT2D eigenvalue weighted by molar-refractivity contribution is 5.76. The van der Waals surface area contributed by atoms with Crippen LogP contribution in [-0.2, 0) is 23.7 Å². The SMILES string of the molecule is CCCCC(C)(C)C(=O)O[C@@H]1CO[C@H]2[C@@H]1OC[C@@H]2OC(C)(C)CCC. The summed E-state index contributed by atoms with van der Waals surface area (Å²) in [5, 5.41) is 0. The molecule has 2 saturated heterocycles. The predicted molar refractivity (Wildman–Crippen MR) is 96.5 cm³/mol. The average Bonchev–Trinajstić information content (AvgIpc) is 3.09. The Morgan fingerprint density at radius 2 is 1.56 bits per heavy atom. The molecule has 25 heavy (non-hydrogen) atoms. The number of fused-ring (bicyclic) bond motifs is 1. The van der Waals surface area contributed by atoms with E-state index in [9.17, 15) is 4.79 Å². The Labute approximate surface area is 152 Å². The molecular formula is C20H36O5. The number of unbranched alkanes of at least 4 members (excludes halogenated alkanes) is 1. The van der Waals surface area contributed by atoms with Gasteiger partial charge in [-0.3, -0.25) is 4.79 Å². The van der Waals surface area contributed by atoms with Gasteiger partial charge in [0.1, 0.15) is 18.3 Å². The number of esters is 1. The Balaban J connectivity index is 1.90. The summed E-state index contributed by atoms with van der Waals surface area (Å²) in [6.07, 6.45) is 4.21. The molecule has 0 spiro atoms. The van der Waals surface area contributed by atoms with Gasteiger partial charge in [0.15, 0.2) is 6.10 Å². The number of hydrogen-bond acceptors (Lipinski definition) is 5. The van der Waals surface area contributed by atoms with Gasteiger partial charge in [-0.1, -0.05) is 33.1 Å². The first-order valence-electron chi connectivity index (χ1n) is 9.82. The van der Waals surface area contributed by atoms with Crippen LogP contribution in [0.3, 0.4) is 0 Å². The summed E-state index contributed by atoms with van der Waals surface area (Å²) >= 11 is 0. The molecule has 5 heteroatoms. The summed E-state index contributed by atoms with van der Waals surface area (Å²) in [4.78, 5) is 12.5. The summed E-state index contributed by atoms with van der Waals surface area (Å²) in [6.45, 7) is 13.3. The molecular weight excluding hydrogens is 320 g/mol. The van der Waals surface area contributed by atoms with Crippen molar-refractivity contribution in [3.05, 3.63) is 0 Å². The van der Waals surface area contributed by atoms with Crippen molar-refractivity contribution in [2.45, 2.75) is 104 Å². The van der Waals surface area contributed by atoms with Crippen LogP contribution in [0.5, 0.6) is 0 Å². The second-order valence-corrected chi connectivity index (χ2v) is 8.69. The molecule has 0 saturated carbocycles. The summed E-state index contributed by atoms with van der Waals surface area (Å²) in [7, 11) is 0. The van der Waals surface area contributed by atoms with Crippen LogP contribution in [0.4, 0.5) is 0 Å². The third-order valence-corrected chi connectivity index (χ3v) is 5.25. The van der Waals surface area contributed by atoms with Gasteiger partial charge in [0.25, 0.3) is 0 Å². The third-order valence-electron chi connectivity index (χ3n) is 5.25. The average molecular weight is 357 g/mol. The highest BCUT2D eigenvalue weighted by Gasteiger charge is 2.51. The minimum atomic E-state index is -0.467. The smallest absolute Gasteiger partial charge is 0.311 e. The fourth-order valence-electron chi connectivity index (χ4n) is 3.72. The molecule has 5 nitrogen and oxygen atoms in total. The van der Waals surface area contributed by atoms with E-state index < -0.39 is 5.41 Å². The molecule has 0 amide bonds. The molecule has 0 aromatic rings. The number of carbonyl (C=O) groups excluding carboxylic acids is 1. The van der Waals surface area contributed by atoms with E-state index in [1.54, 1.807) is 0 Å². The van der Waals surface area contributed by atoms with Gasteiger partial charge in [-0.25, -0.2) is 0 Å². The Kier molecular flexibility index (Phi) is 6.91. The van der Waals surface area contributed by atoms with Gasteiger partial charge < -0.3 is 18.9 Å². The summed E-state index contributed by atoms with van der Waals surface area (Å²) < 4.78 is 23.8. The molecule has 0 N–H and O–H groups in total. The van der Waals surface area contributed by atoms with Gasteiger partial charge in [0.2, 0.25) is 0 Å². The summed E-state index contributed by atoms with van der Waals surface area (Å²) in [6, 6.07) is 0. The van der Waals surface area contributed by atoms with Crippen LogP contribution in [0.15, 0.2) is 0 Å². The first-order chi connectivity index (χ1) is 11.7. The topological polar surface area (TPSA) is 54.0 Å². The maximum absolute atomic E-state index is 12.5. The Morgan fingerprint density at radius 3 is 2.16 bits per heavy atom. The van der Waals surface area contributed by atoms with Crippen molar-refractivity contribution in [3.8, 4) is 0 Å². The largest absolute Gasteiger partial charge is 0.457 e. The predicted octanol–water partition coefficient (Wildman–Crippen LogP) is 3.88. The molecule has 2 aliphatic rings. The molecule has 2 rings (SSSR count). The van der Waals surface area contributed by atoms with E-state index in [0.29, 0.717) is 13.2 Å². The molecule has 2 aliphatic heterocycles. The lowest BCUT2D eigenvalue weighted by Gasteiger charge is -2.30. The Bertz CT molecular complexity index is 445. The van der Waals surface area contributed by atoms with Crippen molar-refractivity contribution in [3.63, 3.8) is 0 Å². The van der Waals surface area contributed by atoms with Crippen LogP contribution in [0.1, 0.15) is 73.6 Å². The minimum absolute atomic E-state index is 0.0941. The molecule has 146 valence electrons. The van der Waals surface area contributed by atoms with E-state index >= 15 is 0 Å². The molecule has 0 radical (unpaired) electrons. The van der Waals surface area contributed by atoms with Crippen LogP contribution in [-0.4, -0.2) is 49.2 Å². The van der Waals surface area contributed by atoms with E-state index in [0.717, 1.165) is 32.1 Å². The van der Waals surface area contributed by atoms with Gasteiger partial charge in [0.05, 0.1) is 24.2 Å². The van der Waals surface area contributed by atoms with Crippen LogP contribution in [0.25, 0.3) is 0 Å². The Morgan fingerprint density at radius 1 is 0.960 bits per heavy atom. The zero-order chi connectivity index (χ0) is 18.7. The van der Waals surface area contributed by atoms with Gasteiger partial charge in [-0.05, 0) is 40.5 Å². The van der Waals surface area contributed by atoms with E-state index in [1.165, 1.54) is 0 Å². The van der Waals surface area contributed by atoms with Crippen molar-refractivity contribution in [2.75, 3.05) is 13.2 Å². The zero-order valence-electron chi connectivity index (χ0n) is 16.8. The molecule has 0 bridgehead atoms. The first-order valence-corrected chi connectivity index (χ1v) is 9.82. The molecule has 2 fully saturated rings. The molecule has 0 aromatic carbocycles. The minimum Gasteiger partial charge on any atom is -0.457 e. The monoisotopic (exact) mass is 356 g/mol. The van der Waals surface area contributed by atoms with Crippen LogP contribution < -0.4 is 0 Å². The summed E-state index contributed by atoms with van der Waals surface area (Å²) in [5.41, 5.74) is -0.663. The molecule has 0 unspecified atom stereocenters. The van der Waals surface area contributed by atoms with Crippen molar-refractivity contribution >= 4 is 5.97 Å². The maximum Gasteiger partial charge on any atom is 0.311 e. The number of rotatable bonds is 9. The number of hydrogen-bond donors (Lipinski definition) is 0. The van der Waals surface area contributed by atoms with Gasteiger partial charge in [-0.2, -0.15) is 0 Å². The van der Waals surface area contributed by atoms with Crippen LogP contribution in [0.2, 0.25) is 0 Å². The van der Waals surface area contributed by atoms with Gasteiger partial charge >= 0.3 is 5.97 Å². The highest BCUT2D eigenvalue weighted by atomic mass is 16.7. The van der Waals surface area contributed by atoms with Crippen LogP contribution >= 0.6 is 0 Å². The van der Waals surface area contributed by atoms with Crippen molar-refractivity contribution in [2.24, 2.45) is 5.41 Å². The lowest BCUT2D eigenvalue weighted by atomic mass is 9.87. The van der Waals surface area contributed by atoms with E-state index in [4.69, 9.17) is 18.9 Å². The quantitative estimate of drug-likeness (QED) is 0.587. The fraction of sp³-hybridized carbons (Fsp3) is 0.950. The number of carbonyl (C=O) groups is 1. The molecule has 0 aliphatic carbocycles. The highest BCUT2D eigenvalue weighted by Crippen LogP contribution is 2.35. The first kappa shape index (κ1) is 20.7. The Hall–Kier alpha value is -0.650. The van der Waals surface area contributed by atoms with Gasteiger partial charge in [-0.15, -0.1) is 0 Å². The zero-order valence-corrected chi connectivity index (χ0v) is 16.8. The standard InChI is InChI=1S/C20H36O5/c1-7-9-11-19(3,4)18(21)24-14-12-22-17-15(13-23-16(14)17)25-20(5,6)10-8-2/h14-17H,7-13H2,1-6H3/t14-,15+,16-,17-/m1/s1. The third kappa shape index (κ3) is 5.18. The second kappa shape index (κ2) is 8.36. The fourth-order valence-corrected chi connectivity index (χ4v) is 3.72. The summed E-state index contributed by atoms with van der Waals surface area (Å²) in [5.74, 6) is -0.158. The molecule has 0 aromatic heterocycles. The van der Waals surface area contributed by atoms with Crippen molar-refractivity contribution < 1.29 is 23.7 Å². The van der Waals surface area contributed by atoms with Gasteiger partial charge in [0, 0.05) is 0 Å². The van der Waals surface area contributed by atoms with E-state index in [2.05, 4.69) is 27.7 Å². The second-order valence-electron chi connectivity index (χ2n) is 8.69. The maximum atomic E-state index is 12.5. The van der Waals surface area contributed by atoms with E-state index in [-0.39, 0.29) is 36.0 Å².